The number of halogens is 1. The van der Waals surface area contributed by atoms with E-state index in [0.717, 1.165) is 25.9 Å². The second-order valence-electron chi connectivity index (χ2n) is 6.20. The Morgan fingerprint density at radius 1 is 1.00 bits per heavy atom. The van der Waals surface area contributed by atoms with E-state index in [9.17, 15) is 14.0 Å². The fraction of sp³-hybridized carbons (Fsp3) is 0.263. The molecule has 0 aliphatic carbocycles. The molecule has 0 atom stereocenters. The number of amides is 2. The molecule has 128 valence electrons. The van der Waals surface area contributed by atoms with Crippen LogP contribution in [-0.2, 0) is 16.1 Å². The lowest BCUT2D eigenvalue weighted by molar-refractivity contribution is -0.138. The van der Waals surface area contributed by atoms with Gasteiger partial charge < -0.3 is 9.32 Å². The highest BCUT2D eigenvalue weighted by molar-refractivity contribution is 6.35. The molecule has 3 heterocycles. The van der Waals surface area contributed by atoms with Gasteiger partial charge in [0.05, 0.1) is 18.4 Å². The molecule has 0 spiro atoms. The van der Waals surface area contributed by atoms with Crippen LogP contribution < -0.4 is 0 Å². The summed E-state index contributed by atoms with van der Waals surface area (Å²) in [5.74, 6) is -0.517. The maximum Gasteiger partial charge on any atom is 0.278 e. The number of benzene rings is 1. The lowest BCUT2D eigenvalue weighted by Crippen LogP contribution is -2.33. The number of rotatable bonds is 4. The molecule has 0 saturated carbocycles. The Labute approximate surface area is 144 Å². The van der Waals surface area contributed by atoms with Crippen LogP contribution in [0.3, 0.4) is 0 Å². The molecule has 0 bridgehead atoms. The van der Waals surface area contributed by atoms with E-state index >= 15 is 0 Å². The summed E-state index contributed by atoms with van der Waals surface area (Å²) in [4.78, 5) is 29.1. The summed E-state index contributed by atoms with van der Waals surface area (Å²) in [5, 5.41) is 0. The van der Waals surface area contributed by atoms with E-state index in [2.05, 4.69) is 0 Å². The van der Waals surface area contributed by atoms with Gasteiger partial charge in [-0.25, -0.2) is 4.39 Å². The Hall–Kier alpha value is -2.89. The molecule has 0 radical (unpaired) electrons. The maximum absolute atomic E-state index is 13.3. The van der Waals surface area contributed by atoms with Crippen molar-refractivity contribution in [3.8, 4) is 0 Å². The lowest BCUT2D eigenvalue weighted by atomic mass is 10.0. The van der Waals surface area contributed by atoms with Crippen LogP contribution >= 0.6 is 0 Å². The topological polar surface area (TPSA) is 53.8 Å². The van der Waals surface area contributed by atoms with Crippen molar-refractivity contribution in [3.63, 3.8) is 0 Å². The van der Waals surface area contributed by atoms with Gasteiger partial charge in [-0.15, -0.1) is 0 Å². The summed E-state index contributed by atoms with van der Waals surface area (Å²) in [6.07, 6.45) is 3.48. The SMILES string of the molecule is O=C1C(c2ccc(F)cc2)=C(N2CCCC2)C(=O)N1Cc1ccco1. The van der Waals surface area contributed by atoms with Crippen molar-refractivity contribution in [3.05, 3.63) is 65.5 Å². The number of hydrogen-bond acceptors (Lipinski definition) is 4. The smallest absolute Gasteiger partial charge is 0.278 e. The van der Waals surface area contributed by atoms with E-state index in [1.807, 2.05) is 4.90 Å². The Morgan fingerprint density at radius 2 is 1.72 bits per heavy atom. The van der Waals surface area contributed by atoms with Gasteiger partial charge in [-0.1, -0.05) is 12.1 Å². The lowest BCUT2D eigenvalue weighted by Gasteiger charge is -2.19. The molecule has 5 nitrogen and oxygen atoms in total. The number of likely N-dealkylation sites (tertiary alicyclic amines) is 1. The molecule has 1 saturated heterocycles. The van der Waals surface area contributed by atoms with Gasteiger partial charge in [-0.05, 0) is 42.7 Å². The largest absolute Gasteiger partial charge is 0.467 e. The molecule has 2 aliphatic rings. The molecule has 1 aromatic carbocycles. The van der Waals surface area contributed by atoms with Gasteiger partial charge in [0.2, 0.25) is 0 Å². The van der Waals surface area contributed by atoms with Crippen molar-refractivity contribution in [2.45, 2.75) is 19.4 Å². The zero-order valence-electron chi connectivity index (χ0n) is 13.6. The third kappa shape index (κ3) is 2.73. The Balaban J connectivity index is 1.75. The van der Waals surface area contributed by atoms with Crippen molar-refractivity contribution in [2.75, 3.05) is 13.1 Å². The second-order valence-corrected chi connectivity index (χ2v) is 6.20. The monoisotopic (exact) mass is 340 g/mol. The molecule has 4 rings (SSSR count). The summed E-state index contributed by atoms with van der Waals surface area (Å²) in [6, 6.07) is 9.14. The van der Waals surface area contributed by atoms with Crippen LogP contribution in [0.2, 0.25) is 0 Å². The van der Waals surface area contributed by atoms with Crippen LogP contribution in [0.5, 0.6) is 0 Å². The standard InChI is InChI=1S/C19H17FN2O3/c20-14-7-5-13(6-8-14)16-17(21-9-1-2-10-21)19(24)22(18(16)23)12-15-4-3-11-25-15/h3-8,11H,1-2,9-10,12H2. The van der Waals surface area contributed by atoms with Crippen LogP contribution in [0.1, 0.15) is 24.2 Å². The van der Waals surface area contributed by atoms with Crippen molar-refractivity contribution in [1.82, 2.24) is 9.80 Å². The third-order valence-corrected chi connectivity index (χ3v) is 4.59. The van der Waals surface area contributed by atoms with Crippen molar-refractivity contribution >= 4 is 17.4 Å². The molecular weight excluding hydrogens is 323 g/mol. The van der Waals surface area contributed by atoms with Crippen molar-refractivity contribution < 1.29 is 18.4 Å². The van der Waals surface area contributed by atoms with Crippen LogP contribution in [-0.4, -0.2) is 34.7 Å². The summed E-state index contributed by atoms with van der Waals surface area (Å²) in [7, 11) is 0. The van der Waals surface area contributed by atoms with Crippen LogP contribution in [0.4, 0.5) is 4.39 Å². The van der Waals surface area contributed by atoms with E-state index in [4.69, 9.17) is 4.42 Å². The van der Waals surface area contributed by atoms with E-state index in [1.54, 1.807) is 24.3 Å². The number of carbonyl (C=O) groups excluding carboxylic acids is 2. The molecule has 1 aromatic heterocycles. The average molecular weight is 340 g/mol. The Kier molecular flexibility index (Phi) is 3.87. The van der Waals surface area contributed by atoms with Gasteiger partial charge in [0.15, 0.2) is 0 Å². The quantitative estimate of drug-likeness (QED) is 0.803. The highest BCUT2D eigenvalue weighted by atomic mass is 19.1. The minimum atomic E-state index is -0.378. The highest BCUT2D eigenvalue weighted by Gasteiger charge is 2.42. The number of nitrogens with zero attached hydrogens (tertiary/aromatic N) is 2. The zero-order chi connectivity index (χ0) is 17.4. The molecule has 6 heteroatoms. The van der Waals surface area contributed by atoms with Crippen molar-refractivity contribution in [2.24, 2.45) is 0 Å². The number of furan rings is 1. The molecule has 2 aliphatic heterocycles. The summed E-state index contributed by atoms with van der Waals surface area (Å²) in [6.45, 7) is 1.58. The molecule has 0 unspecified atom stereocenters. The van der Waals surface area contributed by atoms with Crippen LogP contribution in [0.25, 0.3) is 5.57 Å². The zero-order valence-corrected chi connectivity index (χ0v) is 13.6. The minimum Gasteiger partial charge on any atom is -0.467 e. The predicted octanol–water partition coefficient (Wildman–Crippen LogP) is 2.79. The molecular formula is C19H17FN2O3. The van der Waals surface area contributed by atoms with Crippen LogP contribution in [0.15, 0.2) is 52.8 Å². The second kappa shape index (κ2) is 6.20. The van der Waals surface area contributed by atoms with Gasteiger partial charge in [-0.3, -0.25) is 14.5 Å². The first kappa shape index (κ1) is 15.6. The average Bonchev–Trinajstić information content (AvgIpc) is 3.34. The van der Waals surface area contributed by atoms with E-state index in [1.165, 1.54) is 23.3 Å². The summed E-state index contributed by atoms with van der Waals surface area (Å²) < 4.78 is 18.6. The normalized spacial score (nSPS) is 18.0. The third-order valence-electron chi connectivity index (χ3n) is 4.59. The molecule has 2 amide bonds. The maximum atomic E-state index is 13.3. The first-order valence-corrected chi connectivity index (χ1v) is 8.29. The van der Waals surface area contributed by atoms with E-state index in [-0.39, 0.29) is 24.2 Å². The van der Waals surface area contributed by atoms with Gasteiger partial charge in [0.25, 0.3) is 11.8 Å². The number of hydrogen-bond donors (Lipinski definition) is 0. The van der Waals surface area contributed by atoms with Crippen molar-refractivity contribution in [1.29, 1.82) is 0 Å². The predicted molar refractivity (Wildman–Crippen MR) is 88.4 cm³/mol. The van der Waals surface area contributed by atoms with E-state index in [0.29, 0.717) is 22.6 Å². The summed E-state index contributed by atoms with van der Waals surface area (Å²) in [5.41, 5.74) is 1.32. The molecule has 1 fully saturated rings. The van der Waals surface area contributed by atoms with Gasteiger partial charge in [-0.2, -0.15) is 0 Å². The van der Waals surface area contributed by atoms with E-state index < -0.39 is 0 Å². The fourth-order valence-corrected chi connectivity index (χ4v) is 3.38. The first-order chi connectivity index (χ1) is 12.1. The number of imide groups is 1. The highest BCUT2D eigenvalue weighted by Crippen LogP contribution is 2.34. The van der Waals surface area contributed by atoms with Gasteiger partial charge >= 0.3 is 0 Å². The van der Waals surface area contributed by atoms with Gasteiger partial charge in [0, 0.05) is 13.1 Å². The summed E-state index contributed by atoms with van der Waals surface area (Å²) >= 11 is 0. The van der Waals surface area contributed by atoms with Gasteiger partial charge in [0.1, 0.15) is 17.3 Å². The molecule has 0 N–H and O–H groups in total. The Bertz CT molecular complexity index is 834. The fourth-order valence-electron chi connectivity index (χ4n) is 3.38. The first-order valence-electron chi connectivity index (χ1n) is 8.29. The minimum absolute atomic E-state index is 0.0900. The van der Waals surface area contributed by atoms with Crippen LogP contribution in [0, 0.1) is 5.82 Å². The Morgan fingerprint density at radius 3 is 2.36 bits per heavy atom. The molecule has 25 heavy (non-hydrogen) atoms. The number of carbonyl (C=O) groups is 2. The molecule has 2 aromatic rings.